The predicted molar refractivity (Wildman–Crippen MR) is 60.1 cm³/mol. The van der Waals surface area contributed by atoms with Gasteiger partial charge in [0.1, 0.15) is 6.61 Å². The van der Waals surface area contributed by atoms with Gasteiger partial charge in [-0.3, -0.25) is 4.79 Å². The number of rotatable bonds is 8. The number of aliphatic carboxylic acids is 1. The Hall–Kier alpha value is -1.36. The third kappa shape index (κ3) is 6.19. The van der Waals surface area contributed by atoms with Crippen LogP contribution in [0, 0.1) is 0 Å². The van der Waals surface area contributed by atoms with Gasteiger partial charge in [-0.2, -0.15) is 0 Å². The fourth-order valence-electron chi connectivity index (χ4n) is 1.16. The van der Waals surface area contributed by atoms with E-state index in [1.807, 2.05) is 13.8 Å². The molecule has 16 heavy (non-hydrogen) atoms. The topological polar surface area (TPSA) is 66.8 Å². The van der Waals surface area contributed by atoms with Crippen molar-refractivity contribution < 1.29 is 19.4 Å². The summed E-state index contributed by atoms with van der Waals surface area (Å²) >= 11 is 0. The first-order valence-corrected chi connectivity index (χ1v) is 5.30. The molecule has 1 N–H and O–H groups in total. The highest BCUT2D eigenvalue weighted by molar-refractivity contribution is 5.92. The van der Waals surface area contributed by atoms with Crippen molar-refractivity contribution in [3.63, 3.8) is 0 Å². The molecule has 0 aliphatic carbocycles. The van der Waals surface area contributed by atoms with E-state index in [0.29, 0.717) is 6.54 Å². The van der Waals surface area contributed by atoms with E-state index in [0.717, 1.165) is 13.1 Å². The Morgan fingerprint density at radius 2 is 1.88 bits per heavy atom. The van der Waals surface area contributed by atoms with E-state index in [1.165, 1.54) is 0 Å². The summed E-state index contributed by atoms with van der Waals surface area (Å²) in [5.74, 6) is -1.71. The average Bonchev–Trinajstić information content (AvgIpc) is 2.23. The number of esters is 1. The van der Waals surface area contributed by atoms with Crippen LogP contribution < -0.4 is 0 Å². The molecule has 0 saturated carbocycles. The quantitative estimate of drug-likeness (QED) is 0.495. The summed E-state index contributed by atoms with van der Waals surface area (Å²) in [6, 6.07) is 0. The smallest absolute Gasteiger partial charge is 0.334 e. The molecule has 0 aliphatic rings. The Kier molecular flexibility index (Phi) is 7.20. The van der Waals surface area contributed by atoms with Gasteiger partial charge in [-0.05, 0) is 13.1 Å². The largest absolute Gasteiger partial charge is 0.481 e. The van der Waals surface area contributed by atoms with E-state index in [9.17, 15) is 9.59 Å². The Morgan fingerprint density at radius 3 is 2.31 bits per heavy atom. The van der Waals surface area contributed by atoms with Gasteiger partial charge in [0, 0.05) is 12.1 Å². The minimum atomic E-state index is -1.08. The van der Waals surface area contributed by atoms with E-state index in [2.05, 4.69) is 11.5 Å². The Balaban J connectivity index is 3.80. The van der Waals surface area contributed by atoms with Gasteiger partial charge in [-0.25, -0.2) is 4.79 Å². The van der Waals surface area contributed by atoms with Crippen molar-refractivity contribution >= 4 is 11.9 Å². The number of nitrogens with zero attached hydrogens (tertiary/aromatic N) is 1. The number of ether oxygens (including phenoxy) is 1. The second kappa shape index (κ2) is 7.87. The van der Waals surface area contributed by atoms with Crippen LogP contribution in [0.15, 0.2) is 12.2 Å². The molecular formula is C11H19NO4. The molecule has 5 nitrogen and oxygen atoms in total. The van der Waals surface area contributed by atoms with Crippen molar-refractivity contribution in [3.8, 4) is 0 Å². The standard InChI is InChI=1S/C11H19NO4/c1-4-12(5-2)6-7-16-11(15)9(3)8-10(13)14/h3-8H2,1-2H3,(H,13,14). The lowest BCUT2D eigenvalue weighted by Gasteiger charge is -2.17. The SMILES string of the molecule is C=C(CC(=O)O)C(=O)OCCN(CC)CC. The molecular weight excluding hydrogens is 210 g/mol. The van der Waals surface area contributed by atoms with Crippen molar-refractivity contribution in [2.75, 3.05) is 26.2 Å². The molecule has 0 heterocycles. The molecule has 0 amide bonds. The summed E-state index contributed by atoms with van der Waals surface area (Å²) < 4.78 is 4.90. The van der Waals surface area contributed by atoms with Crippen LogP contribution >= 0.6 is 0 Å². The van der Waals surface area contributed by atoms with Gasteiger partial charge in [-0.15, -0.1) is 0 Å². The fourth-order valence-corrected chi connectivity index (χ4v) is 1.16. The van der Waals surface area contributed by atoms with Crippen molar-refractivity contribution in [1.29, 1.82) is 0 Å². The molecule has 5 heteroatoms. The molecule has 0 atom stereocenters. The molecule has 92 valence electrons. The first-order chi connectivity index (χ1) is 7.51. The molecule has 0 saturated heterocycles. The normalized spacial score (nSPS) is 10.2. The average molecular weight is 229 g/mol. The zero-order valence-corrected chi connectivity index (χ0v) is 9.86. The predicted octanol–water partition coefficient (Wildman–Crippen LogP) is 0.902. The van der Waals surface area contributed by atoms with Crippen molar-refractivity contribution in [1.82, 2.24) is 4.90 Å². The summed E-state index contributed by atoms with van der Waals surface area (Å²) in [5.41, 5.74) is -0.0213. The van der Waals surface area contributed by atoms with Crippen LogP contribution in [0.3, 0.4) is 0 Å². The van der Waals surface area contributed by atoms with E-state index in [1.54, 1.807) is 0 Å². The van der Waals surface area contributed by atoms with Crippen molar-refractivity contribution in [2.24, 2.45) is 0 Å². The number of hydrogen-bond donors (Lipinski definition) is 1. The monoisotopic (exact) mass is 229 g/mol. The molecule has 0 bridgehead atoms. The lowest BCUT2D eigenvalue weighted by molar-refractivity contribution is -0.143. The van der Waals surface area contributed by atoms with E-state index in [4.69, 9.17) is 9.84 Å². The van der Waals surface area contributed by atoms with Gasteiger partial charge in [0.25, 0.3) is 0 Å². The van der Waals surface area contributed by atoms with E-state index < -0.39 is 11.9 Å². The van der Waals surface area contributed by atoms with Crippen LogP contribution in [-0.4, -0.2) is 48.2 Å². The first kappa shape index (κ1) is 14.6. The second-order valence-corrected chi connectivity index (χ2v) is 3.34. The molecule has 0 spiro atoms. The lowest BCUT2D eigenvalue weighted by atomic mass is 10.2. The number of hydrogen-bond acceptors (Lipinski definition) is 4. The molecule has 0 aromatic rings. The van der Waals surface area contributed by atoms with Crippen molar-refractivity contribution in [3.05, 3.63) is 12.2 Å². The highest BCUT2D eigenvalue weighted by atomic mass is 16.5. The van der Waals surface area contributed by atoms with Gasteiger partial charge in [0.05, 0.1) is 6.42 Å². The summed E-state index contributed by atoms with van der Waals surface area (Å²) in [7, 11) is 0. The zero-order chi connectivity index (χ0) is 12.6. The van der Waals surface area contributed by atoms with Gasteiger partial charge in [0.2, 0.25) is 0 Å². The zero-order valence-electron chi connectivity index (χ0n) is 9.86. The molecule has 0 aliphatic heterocycles. The molecule has 0 radical (unpaired) electrons. The highest BCUT2D eigenvalue weighted by Gasteiger charge is 2.12. The Morgan fingerprint density at radius 1 is 1.31 bits per heavy atom. The number of carbonyl (C=O) groups is 2. The second-order valence-electron chi connectivity index (χ2n) is 3.34. The van der Waals surface area contributed by atoms with E-state index in [-0.39, 0.29) is 18.6 Å². The minimum Gasteiger partial charge on any atom is -0.481 e. The molecule has 0 aromatic heterocycles. The van der Waals surface area contributed by atoms with E-state index >= 15 is 0 Å². The summed E-state index contributed by atoms with van der Waals surface area (Å²) in [6.07, 6.45) is -0.371. The van der Waals surface area contributed by atoms with Gasteiger partial charge >= 0.3 is 11.9 Å². The summed E-state index contributed by atoms with van der Waals surface area (Å²) in [5, 5.41) is 8.45. The van der Waals surface area contributed by atoms with Crippen LogP contribution in [0.4, 0.5) is 0 Å². The summed E-state index contributed by atoms with van der Waals surface area (Å²) in [4.78, 5) is 23.6. The van der Waals surface area contributed by atoms with Crippen LogP contribution in [0.1, 0.15) is 20.3 Å². The van der Waals surface area contributed by atoms with Crippen LogP contribution in [0.5, 0.6) is 0 Å². The van der Waals surface area contributed by atoms with Gasteiger partial charge in [0.15, 0.2) is 0 Å². The third-order valence-corrected chi connectivity index (χ3v) is 2.19. The molecule has 0 unspecified atom stereocenters. The number of carboxylic acid groups (broad SMARTS) is 1. The number of carbonyl (C=O) groups excluding carboxylic acids is 1. The summed E-state index contributed by atoms with van der Waals surface area (Å²) in [6.45, 7) is 10.1. The van der Waals surface area contributed by atoms with Crippen LogP contribution in [0.2, 0.25) is 0 Å². The van der Waals surface area contributed by atoms with Crippen molar-refractivity contribution in [2.45, 2.75) is 20.3 Å². The van der Waals surface area contributed by atoms with Crippen LogP contribution in [-0.2, 0) is 14.3 Å². The number of likely N-dealkylation sites (N-methyl/N-ethyl adjacent to an activating group) is 1. The number of carboxylic acids is 1. The third-order valence-electron chi connectivity index (χ3n) is 2.19. The maximum atomic E-state index is 11.2. The van der Waals surface area contributed by atoms with Gasteiger partial charge < -0.3 is 14.7 Å². The molecule has 0 aromatic carbocycles. The Bertz CT molecular complexity index is 259. The van der Waals surface area contributed by atoms with Crippen LogP contribution in [0.25, 0.3) is 0 Å². The maximum Gasteiger partial charge on any atom is 0.334 e. The fraction of sp³-hybridized carbons (Fsp3) is 0.636. The first-order valence-electron chi connectivity index (χ1n) is 5.30. The lowest BCUT2D eigenvalue weighted by Crippen LogP contribution is -2.28. The molecule has 0 fully saturated rings. The highest BCUT2D eigenvalue weighted by Crippen LogP contribution is 2.01. The minimum absolute atomic E-state index is 0.0213. The Labute approximate surface area is 95.7 Å². The van der Waals surface area contributed by atoms with Gasteiger partial charge in [-0.1, -0.05) is 20.4 Å². The maximum absolute atomic E-state index is 11.2. The molecule has 0 rings (SSSR count).